The number of aromatic nitrogens is 2. The average Bonchev–Trinajstić information content (AvgIpc) is 3.00. The Balaban J connectivity index is 1.85. The van der Waals surface area contributed by atoms with Crippen molar-refractivity contribution in [3.63, 3.8) is 0 Å². The summed E-state index contributed by atoms with van der Waals surface area (Å²) in [7, 11) is 0. The molecule has 29 heavy (non-hydrogen) atoms. The summed E-state index contributed by atoms with van der Waals surface area (Å²) in [6, 6.07) is 12.9. The maximum Gasteiger partial charge on any atom is 0.257 e. The fourth-order valence-corrected chi connectivity index (χ4v) is 4.25. The Labute approximate surface area is 176 Å². The molecule has 3 aromatic heterocycles. The summed E-state index contributed by atoms with van der Waals surface area (Å²) in [6.07, 6.45) is 3.36. The third-order valence-corrected chi connectivity index (χ3v) is 6.07. The normalized spacial score (nSPS) is 10.7. The SMILES string of the molecule is Cc1sc(NC(=O)c2cc(-c3ccncc3)nc3ccc(Cl)cc23)c(C#N)c1C. The molecule has 7 heteroatoms. The molecule has 1 amide bonds. The predicted octanol–water partition coefficient (Wildman–Crippen LogP) is 5.75. The van der Waals surface area contributed by atoms with Gasteiger partial charge in [-0.25, -0.2) is 4.98 Å². The van der Waals surface area contributed by atoms with Crippen LogP contribution in [-0.4, -0.2) is 15.9 Å². The van der Waals surface area contributed by atoms with Crippen molar-refractivity contribution in [1.29, 1.82) is 5.26 Å². The van der Waals surface area contributed by atoms with Gasteiger partial charge in [-0.1, -0.05) is 11.6 Å². The van der Waals surface area contributed by atoms with Crippen molar-refractivity contribution in [2.75, 3.05) is 5.32 Å². The number of anilines is 1. The molecule has 4 aromatic rings. The summed E-state index contributed by atoms with van der Waals surface area (Å²) in [5, 5.41) is 14.1. The highest BCUT2D eigenvalue weighted by Gasteiger charge is 2.19. The van der Waals surface area contributed by atoms with Gasteiger partial charge in [-0.3, -0.25) is 9.78 Å². The van der Waals surface area contributed by atoms with E-state index in [2.05, 4.69) is 21.4 Å². The Morgan fingerprint density at radius 1 is 1.17 bits per heavy atom. The van der Waals surface area contributed by atoms with Crippen molar-refractivity contribution in [1.82, 2.24) is 9.97 Å². The van der Waals surface area contributed by atoms with Crippen LogP contribution in [0.25, 0.3) is 22.2 Å². The lowest BCUT2D eigenvalue weighted by Crippen LogP contribution is -2.13. The molecule has 3 heterocycles. The minimum atomic E-state index is -0.312. The van der Waals surface area contributed by atoms with Crippen LogP contribution in [0.3, 0.4) is 0 Å². The van der Waals surface area contributed by atoms with Crippen LogP contribution in [-0.2, 0) is 0 Å². The summed E-state index contributed by atoms with van der Waals surface area (Å²) in [5.74, 6) is -0.312. The van der Waals surface area contributed by atoms with Gasteiger partial charge in [0.05, 0.1) is 22.3 Å². The molecule has 0 bridgehead atoms. The van der Waals surface area contributed by atoms with Crippen LogP contribution < -0.4 is 5.32 Å². The second-order valence-corrected chi connectivity index (χ2v) is 8.17. The van der Waals surface area contributed by atoms with Crippen molar-refractivity contribution in [2.45, 2.75) is 13.8 Å². The first kappa shape index (κ1) is 19.1. The molecule has 0 fully saturated rings. The van der Waals surface area contributed by atoms with E-state index < -0.39 is 0 Å². The van der Waals surface area contributed by atoms with Crippen LogP contribution in [0.5, 0.6) is 0 Å². The highest BCUT2D eigenvalue weighted by Crippen LogP contribution is 2.33. The van der Waals surface area contributed by atoms with Crippen molar-refractivity contribution >= 4 is 44.7 Å². The molecular weight excluding hydrogens is 404 g/mol. The molecule has 1 aromatic carbocycles. The molecule has 142 valence electrons. The highest BCUT2D eigenvalue weighted by molar-refractivity contribution is 7.16. The van der Waals surface area contributed by atoms with E-state index in [1.54, 1.807) is 36.7 Å². The minimum absolute atomic E-state index is 0.312. The largest absolute Gasteiger partial charge is 0.312 e. The highest BCUT2D eigenvalue weighted by atomic mass is 35.5. The van der Waals surface area contributed by atoms with Gasteiger partial charge in [0.2, 0.25) is 0 Å². The zero-order valence-electron chi connectivity index (χ0n) is 15.7. The summed E-state index contributed by atoms with van der Waals surface area (Å²) < 4.78 is 0. The number of nitrogens with one attached hydrogen (secondary N) is 1. The fourth-order valence-electron chi connectivity index (χ4n) is 3.08. The Morgan fingerprint density at radius 3 is 2.66 bits per heavy atom. The number of amides is 1. The molecular formula is C22H15ClN4OS. The van der Waals surface area contributed by atoms with Gasteiger partial charge in [0.1, 0.15) is 11.1 Å². The van der Waals surface area contributed by atoms with Gasteiger partial charge in [-0.2, -0.15) is 5.26 Å². The number of fused-ring (bicyclic) bond motifs is 1. The third-order valence-electron chi connectivity index (χ3n) is 4.72. The number of pyridine rings is 2. The number of rotatable bonds is 3. The number of halogens is 1. The molecule has 4 rings (SSSR count). The maximum atomic E-state index is 13.2. The lowest BCUT2D eigenvalue weighted by atomic mass is 10.0. The van der Waals surface area contributed by atoms with Crippen molar-refractivity contribution < 1.29 is 4.79 Å². The first-order valence-electron chi connectivity index (χ1n) is 8.80. The Hall–Kier alpha value is -3.27. The molecule has 0 unspecified atom stereocenters. The number of aryl methyl sites for hydroxylation is 1. The Morgan fingerprint density at radius 2 is 1.93 bits per heavy atom. The monoisotopic (exact) mass is 418 g/mol. The predicted molar refractivity (Wildman–Crippen MR) is 116 cm³/mol. The summed E-state index contributed by atoms with van der Waals surface area (Å²) >= 11 is 7.57. The molecule has 0 atom stereocenters. The van der Waals surface area contributed by atoms with Gasteiger partial charge < -0.3 is 5.32 Å². The van der Waals surface area contributed by atoms with E-state index in [0.29, 0.717) is 37.7 Å². The van der Waals surface area contributed by atoms with Crippen LogP contribution in [0.4, 0.5) is 5.00 Å². The molecule has 0 radical (unpaired) electrons. The zero-order valence-corrected chi connectivity index (χ0v) is 17.2. The number of hydrogen-bond donors (Lipinski definition) is 1. The number of carbonyl (C=O) groups is 1. The van der Waals surface area contributed by atoms with E-state index in [1.807, 2.05) is 26.0 Å². The van der Waals surface area contributed by atoms with Gasteiger partial charge >= 0.3 is 0 Å². The van der Waals surface area contributed by atoms with E-state index in [0.717, 1.165) is 16.0 Å². The Bertz CT molecular complexity index is 1290. The lowest BCUT2D eigenvalue weighted by molar-refractivity contribution is 0.102. The Kier molecular flexibility index (Phi) is 5.01. The van der Waals surface area contributed by atoms with Crippen molar-refractivity contribution in [3.8, 4) is 17.3 Å². The molecule has 0 aliphatic rings. The number of hydrogen-bond acceptors (Lipinski definition) is 5. The van der Waals surface area contributed by atoms with Crippen LogP contribution in [0.1, 0.15) is 26.4 Å². The molecule has 5 nitrogen and oxygen atoms in total. The second kappa shape index (κ2) is 7.63. The van der Waals surface area contributed by atoms with Gasteiger partial charge in [0.15, 0.2) is 0 Å². The zero-order chi connectivity index (χ0) is 20.5. The number of benzene rings is 1. The fraction of sp³-hybridized carbons (Fsp3) is 0.0909. The first-order valence-corrected chi connectivity index (χ1v) is 9.99. The number of thiophene rings is 1. The van der Waals surface area contributed by atoms with Crippen LogP contribution >= 0.6 is 22.9 Å². The lowest BCUT2D eigenvalue weighted by Gasteiger charge is -2.10. The second-order valence-electron chi connectivity index (χ2n) is 6.51. The molecule has 1 N–H and O–H groups in total. The van der Waals surface area contributed by atoms with Gasteiger partial charge in [-0.05, 0) is 55.8 Å². The average molecular weight is 419 g/mol. The minimum Gasteiger partial charge on any atom is -0.312 e. The first-order chi connectivity index (χ1) is 14.0. The molecule has 0 spiro atoms. The van der Waals surface area contributed by atoms with E-state index in [-0.39, 0.29) is 5.91 Å². The van der Waals surface area contributed by atoms with Crippen molar-refractivity contribution in [2.24, 2.45) is 0 Å². The molecule has 0 aliphatic heterocycles. The molecule has 0 saturated carbocycles. The topological polar surface area (TPSA) is 78.7 Å². The van der Waals surface area contributed by atoms with E-state index in [4.69, 9.17) is 11.6 Å². The standard InChI is InChI=1S/C22H15ClN4OS/c1-12-13(2)29-22(18(12)11-24)27-21(28)17-10-20(14-5-7-25-8-6-14)26-19-4-3-15(23)9-16(17)19/h3-10H,1-2H3,(H,27,28). The number of carbonyl (C=O) groups excluding carboxylic acids is 1. The molecule has 0 saturated heterocycles. The van der Waals surface area contributed by atoms with E-state index in [1.165, 1.54) is 11.3 Å². The van der Waals surface area contributed by atoms with Gasteiger partial charge in [-0.15, -0.1) is 11.3 Å². The summed E-state index contributed by atoms with van der Waals surface area (Å²) in [5.41, 5.74) is 3.99. The van der Waals surface area contributed by atoms with Crippen LogP contribution in [0.15, 0.2) is 48.8 Å². The van der Waals surface area contributed by atoms with Crippen LogP contribution in [0, 0.1) is 25.2 Å². The van der Waals surface area contributed by atoms with Crippen LogP contribution in [0.2, 0.25) is 5.02 Å². The smallest absolute Gasteiger partial charge is 0.257 e. The summed E-state index contributed by atoms with van der Waals surface area (Å²) in [4.78, 5) is 22.9. The van der Waals surface area contributed by atoms with Gasteiger partial charge in [0.25, 0.3) is 5.91 Å². The molecule has 0 aliphatic carbocycles. The summed E-state index contributed by atoms with van der Waals surface area (Å²) in [6.45, 7) is 3.81. The number of nitrogens with zero attached hydrogens (tertiary/aromatic N) is 3. The van der Waals surface area contributed by atoms with E-state index >= 15 is 0 Å². The van der Waals surface area contributed by atoms with E-state index in [9.17, 15) is 10.1 Å². The third kappa shape index (κ3) is 3.58. The quantitative estimate of drug-likeness (QED) is 0.459. The maximum absolute atomic E-state index is 13.2. The van der Waals surface area contributed by atoms with Gasteiger partial charge in [0, 0.05) is 33.2 Å². The number of nitriles is 1. The van der Waals surface area contributed by atoms with Crippen molar-refractivity contribution in [3.05, 3.63) is 75.4 Å².